The summed E-state index contributed by atoms with van der Waals surface area (Å²) in [5.74, 6) is 1.07. The topological polar surface area (TPSA) is 58.6 Å². The second-order valence-corrected chi connectivity index (χ2v) is 7.23. The summed E-state index contributed by atoms with van der Waals surface area (Å²) in [4.78, 5) is 26.2. The van der Waals surface area contributed by atoms with Gasteiger partial charge in [-0.1, -0.05) is 18.5 Å². The van der Waals surface area contributed by atoms with Crippen molar-refractivity contribution in [3.05, 3.63) is 28.8 Å². The van der Waals surface area contributed by atoms with Gasteiger partial charge in [-0.15, -0.1) is 0 Å². The zero-order chi connectivity index (χ0) is 18.4. The Kier molecular flexibility index (Phi) is 7.12. The summed E-state index contributed by atoms with van der Waals surface area (Å²) in [5.41, 5.74) is 0.876. The first-order valence-electron chi connectivity index (χ1n) is 8.85. The number of benzene rings is 1. The highest BCUT2D eigenvalue weighted by molar-refractivity contribution is 6.30. The highest BCUT2D eigenvalue weighted by Crippen LogP contribution is 2.22. The minimum atomic E-state index is -0.634. The Morgan fingerprint density at radius 2 is 2.20 bits per heavy atom. The van der Waals surface area contributed by atoms with Crippen molar-refractivity contribution in [2.45, 2.75) is 46.1 Å². The van der Waals surface area contributed by atoms with E-state index in [2.05, 4.69) is 12.2 Å². The van der Waals surface area contributed by atoms with E-state index in [4.69, 9.17) is 16.3 Å². The fourth-order valence-electron chi connectivity index (χ4n) is 3.00. The molecule has 1 fully saturated rings. The van der Waals surface area contributed by atoms with E-state index in [0.717, 1.165) is 25.1 Å². The predicted molar refractivity (Wildman–Crippen MR) is 98.9 cm³/mol. The van der Waals surface area contributed by atoms with Crippen molar-refractivity contribution in [2.24, 2.45) is 5.92 Å². The minimum Gasteiger partial charge on any atom is -0.481 e. The van der Waals surface area contributed by atoms with Gasteiger partial charge in [0.15, 0.2) is 6.10 Å². The van der Waals surface area contributed by atoms with Gasteiger partial charge in [-0.25, -0.2) is 0 Å². The molecule has 6 heteroatoms. The van der Waals surface area contributed by atoms with Crippen LogP contribution in [0, 0.1) is 12.8 Å². The Bertz CT molecular complexity index is 621. The summed E-state index contributed by atoms with van der Waals surface area (Å²) in [5, 5.41) is 3.41. The molecule has 138 valence electrons. The van der Waals surface area contributed by atoms with Gasteiger partial charge in [0.25, 0.3) is 5.91 Å². The van der Waals surface area contributed by atoms with Gasteiger partial charge < -0.3 is 15.0 Å². The minimum absolute atomic E-state index is 0.106. The molecule has 2 amide bonds. The Balaban J connectivity index is 1.74. The van der Waals surface area contributed by atoms with Crippen LogP contribution in [0.4, 0.5) is 0 Å². The number of carbonyl (C=O) groups is 2. The van der Waals surface area contributed by atoms with Crippen molar-refractivity contribution in [1.29, 1.82) is 0 Å². The monoisotopic (exact) mass is 366 g/mol. The summed E-state index contributed by atoms with van der Waals surface area (Å²) in [6.07, 6.45) is 1.93. The SMILES string of the molecule is Cc1cc(Cl)ccc1OC(C)C(=O)NCCC(=O)N1CCCC(C)C1. The van der Waals surface area contributed by atoms with E-state index < -0.39 is 6.10 Å². The van der Waals surface area contributed by atoms with Crippen molar-refractivity contribution in [1.82, 2.24) is 10.2 Å². The maximum absolute atomic E-state index is 12.2. The molecule has 2 rings (SSSR count). The predicted octanol–water partition coefficient (Wildman–Crippen LogP) is 3.18. The molecule has 2 unspecified atom stereocenters. The smallest absolute Gasteiger partial charge is 0.260 e. The molecule has 1 N–H and O–H groups in total. The molecule has 5 nitrogen and oxygen atoms in total. The highest BCUT2D eigenvalue weighted by atomic mass is 35.5. The maximum Gasteiger partial charge on any atom is 0.260 e. The molecule has 1 aromatic rings. The van der Waals surface area contributed by atoms with E-state index in [-0.39, 0.29) is 11.8 Å². The fraction of sp³-hybridized carbons (Fsp3) is 0.579. The second kappa shape index (κ2) is 9.09. The number of amides is 2. The summed E-state index contributed by atoms with van der Waals surface area (Å²) < 4.78 is 5.68. The normalized spacial score (nSPS) is 18.6. The molecule has 0 saturated carbocycles. The molecule has 1 aromatic carbocycles. The van der Waals surface area contributed by atoms with E-state index in [1.807, 2.05) is 11.8 Å². The number of hydrogen-bond acceptors (Lipinski definition) is 3. The molecule has 0 spiro atoms. The number of halogens is 1. The standard InChI is InChI=1S/C19H27ClN2O3/c1-13-5-4-10-22(12-13)18(23)8-9-21-19(24)15(3)25-17-7-6-16(20)11-14(17)2/h6-7,11,13,15H,4-5,8-10,12H2,1-3H3,(H,21,24). The van der Waals surface area contributed by atoms with E-state index >= 15 is 0 Å². The van der Waals surface area contributed by atoms with Gasteiger partial charge in [0.1, 0.15) is 5.75 Å². The Hall–Kier alpha value is -1.75. The first-order valence-corrected chi connectivity index (χ1v) is 9.23. The molecule has 1 saturated heterocycles. The number of hydrogen-bond donors (Lipinski definition) is 1. The molecule has 25 heavy (non-hydrogen) atoms. The highest BCUT2D eigenvalue weighted by Gasteiger charge is 2.21. The van der Waals surface area contributed by atoms with Crippen LogP contribution >= 0.6 is 11.6 Å². The van der Waals surface area contributed by atoms with E-state index in [9.17, 15) is 9.59 Å². The van der Waals surface area contributed by atoms with Crippen molar-refractivity contribution in [3.63, 3.8) is 0 Å². The molecular formula is C19H27ClN2O3. The molecule has 0 aromatic heterocycles. The summed E-state index contributed by atoms with van der Waals surface area (Å²) in [6, 6.07) is 5.27. The number of likely N-dealkylation sites (tertiary alicyclic amines) is 1. The maximum atomic E-state index is 12.2. The van der Waals surface area contributed by atoms with Gasteiger partial charge in [-0.3, -0.25) is 9.59 Å². The van der Waals surface area contributed by atoms with Crippen LogP contribution in [0.1, 0.15) is 38.7 Å². The third-order valence-electron chi connectivity index (χ3n) is 4.46. The summed E-state index contributed by atoms with van der Waals surface area (Å²) in [7, 11) is 0. The number of aryl methyl sites for hydroxylation is 1. The molecule has 1 aliphatic rings. The first kappa shape index (κ1) is 19.6. The number of nitrogens with one attached hydrogen (secondary N) is 1. The zero-order valence-electron chi connectivity index (χ0n) is 15.2. The summed E-state index contributed by atoms with van der Waals surface area (Å²) >= 11 is 5.92. The molecule has 0 aliphatic carbocycles. The molecule has 0 bridgehead atoms. The second-order valence-electron chi connectivity index (χ2n) is 6.80. The molecule has 1 aliphatic heterocycles. The number of nitrogens with zero attached hydrogens (tertiary/aromatic N) is 1. The van der Waals surface area contributed by atoms with Gasteiger partial charge in [-0.2, -0.15) is 0 Å². The summed E-state index contributed by atoms with van der Waals surface area (Å²) in [6.45, 7) is 7.71. The van der Waals surface area contributed by atoms with Gasteiger partial charge in [0, 0.05) is 31.1 Å². The van der Waals surface area contributed by atoms with E-state index in [1.165, 1.54) is 6.42 Å². The van der Waals surface area contributed by atoms with Crippen molar-refractivity contribution >= 4 is 23.4 Å². The molecular weight excluding hydrogens is 340 g/mol. The van der Waals surface area contributed by atoms with Gasteiger partial charge in [0.2, 0.25) is 5.91 Å². The van der Waals surface area contributed by atoms with Gasteiger partial charge >= 0.3 is 0 Å². The Labute approximate surface area is 154 Å². The number of ether oxygens (including phenoxy) is 1. The number of piperidine rings is 1. The lowest BCUT2D eigenvalue weighted by Gasteiger charge is -2.31. The van der Waals surface area contributed by atoms with Crippen LogP contribution in [0.3, 0.4) is 0 Å². The van der Waals surface area contributed by atoms with E-state index in [0.29, 0.717) is 29.7 Å². The molecule has 2 atom stereocenters. The lowest BCUT2D eigenvalue weighted by molar-refractivity contribution is -0.133. The van der Waals surface area contributed by atoms with Crippen LogP contribution < -0.4 is 10.1 Å². The van der Waals surface area contributed by atoms with Crippen molar-refractivity contribution in [3.8, 4) is 5.75 Å². The van der Waals surface area contributed by atoms with Crippen molar-refractivity contribution in [2.75, 3.05) is 19.6 Å². The van der Waals surface area contributed by atoms with Crippen LogP contribution in [0.2, 0.25) is 5.02 Å². The average molecular weight is 367 g/mol. The van der Waals surface area contributed by atoms with E-state index in [1.54, 1.807) is 25.1 Å². The van der Waals surface area contributed by atoms with Gasteiger partial charge in [0.05, 0.1) is 0 Å². The average Bonchev–Trinajstić information content (AvgIpc) is 2.57. The largest absolute Gasteiger partial charge is 0.481 e. The fourth-order valence-corrected chi connectivity index (χ4v) is 3.23. The zero-order valence-corrected chi connectivity index (χ0v) is 15.9. The Morgan fingerprint density at radius 1 is 1.44 bits per heavy atom. The van der Waals surface area contributed by atoms with Crippen LogP contribution in [0.25, 0.3) is 0 Å². The molecule has 0 radical (unpaired) electrons. The third kappa shape index (κ3) is 5.92. The van der Waals surface area contributed by atoms with Crippen LogP contribution in [-0.2, 0) is 9.59 Å². The van der Waals surface area contributed by atoms with Crippen molar-refractivity contribution < 1.29 is 14.3 Å². The van der Waals surface area contributed by atoms with Gasteiger partial charge in [-0.05, 0) is 56.4 Å². The number of rotatable bonds is 6. The first-order chi connectivity index (χ1) is 11.9. The third-order valence-corrected chi connectivity index (χ3v) is 4.69. The molecule has 1 heterocycles. The lowest BCUT2D eigenvalue weighted by atomic mass is 10.00. The van der Waals surface area contributed by atoms with Crippen LogP contribution in [0.5, 0.6) is 5.75 Å². The number of carbonyl (C=O) groups excluding carboxylic acids is 2. The Morgan fingerprint density at radius 3 is 2.88 bits per heavy atom. The van der Waals surface area contributed by atoms with Crippen LogP contribution in [0.15, 0.2) is 18.2 Å². The van der Waals surface area contributed by atoms with Crippen LogP contribution in [-0.4, -0.2) is 42.5 Å². The lowest BCUT2D eigenvalue weighted by Crippen LogP contribution is -2.42. The quantitative estimate of drug-likeness (QED) is 0.841.